The number of hydrogen-bond donors (Lipinski definition) is 5. The Bertz CT molecular complexity index is 1200. The van der Waals surface area contributed by atoms with Crippen molar-refractivity contribution in [3.63, 3.8) is 0 Å². The van der Waals surface area contributed by atoms with E-state index in [1.807, 2.05) is 4.72 Å². The molecule has 17 heteroatoms. The first-order valence-corrected chi connectivity index (χ1v) is 15.0. The van der Waals surface area contributed by atoms with Crippen LogP contribution in [0.15, 0.2) is 6.20 Å². The molecule has 0 amide bonds. The smallest absolute Gasteiger partial charge is 0.355 e. The van der Waals surface area contributed by atoms with E-state index in [-0.39, 0.29) is 24.4 Å². The minimum absolute atomic E-state index is 0.00924. The molecule has 2 aromatic rings. The zero-order chi connectivity index (χ0) is 25.4. The zero-order valence-corrected chi connectivity index (χ0v) is 21.3. The number of aliphatic hydroxyl groups is 1. The lowest BCUT2D eigenvalue weighted by Crippen LogP contribution is -2.34. The molecule has 196 valence electrons. The van der Waals surface area contributed by atoms with E-state index in [9.17, 15) is 27.9 Å². The highest BCUT2D eigenvalue weighted by Crippen LogP contribution is 2.42. The van der Waals surface area contributed by atoms with Gasteiger partial charge < -0.3 is 29.7 Å². The second kappa shape index (κ2) is 10.5. The van der Waals surface area contributed by atoms with Crippen molar-refractivity contribution >= 4 is 46.1 Å². The predicted octanol–water partition coefficient (Wildman–Crippen LogP) is 0.552. The minimum atomic E-state index is -4.78. The molecule has 0 aromatic carbocycles. The predicted molar refractivity (Wildman–Crippen MR) is 125 cm³/mol. The molecule has 5 N–H and O–H groups in total. The van der Waals surface area contributed by atoms with Gasteiger partial charge in [-0.3, -0.25) is 4.57 Å². The van der Waals surface area contributed by atoms with Gasteiger partial charge in [0, 0.05) is 19.0 Å². The molecule has 2 fully saturated rings. The molecule has 0 bridgehead atoms. The molecular weight excluding hydrogens is 527 g/mol. The number of halogens is 1. The van der Waals surface area contributed by atoms with E-state index in [1.165, 1.54) is 4.68 Å². The number of fused-ring (bicyclic) bond motifs is 1. The molecule has 1 aliphatic heterocycles. The number of aromatic nitrogens is 4. The summed E-state index contributed by atoms with van der Waals surface area (Å²) in [4.78, 5) is 27.5. The maximum atomic E-state index is 11.7. The molecule has 0 spiro atoms. The molecule has 4 atom stereocenters. The van der Waals surface area contributed by atoms with Crippen LogP contribution < -0.4 is 10.0 Å². The van der Waals surface area contributed by atoms with E-state index >= 15 is 0 Å². The first-order chi connectivity index (χ1) is 16.4. The Hall–Kier alpha value is -1.42. The van der Waals surface area contributed by atoms with E-state index in [1.54, 1.807) is 6.20 Å². The quantitative estimate of drug-likeness (QED) is 0.202. The molecule has 1 unspecified atom stereocenters. The summed E-state index contributed by atoms with van der Waals surface area (Å²) in [7, 11) is -8.46. The normalized spacial score (nSPS) is 24.9. The SMILES string of the molecule is CS(=O)(=O)NCC(OC[C@@H]1C[C@@H](O)[C@H](n2ncc3c(NC4CCCC4)nc(Cl)nc32)O1)P(=O)(O)O. The maximum absolute atomic E-state index is 11.7. The number of hydrogen-bond acceptors (Lipinski definition) is 10. The van der Waals surface area contributed by atoms with Crippen molar-refractivity contribution in [1.29, 1.82) is 0 Å². The van der Waals surface area contributed by atoms with Gasteiger partial charge in [0.1, 0.15) is 11.9 Å². The Balaban J connectivity index is 1.46. The van der Waals surface area contributed by atoms with Crippen molar-refractivity contribution in [2.24, 2.45) is 0 Å². The van der Waals surface area contributed by atoms with Crippen molar-refractivity contribution in [3.8, 4) is 0 Å². The lowest BCUT2D eigenvalue weighted by atomic mass is 10.2. The van der Waals surface area contributed by atoms with Crippen molar-refractivity contribution < 1.29 is 37.3 Å². The minimum Gasteiger partial charge on any atom is -0.388 e. The van der Waals surface area contributed by atoms with Gasteiger partial charge >= 0.3 is 7.60 Å². The van der Waals surface area contributed by atoms with Crippen LogP contribution in [0.2, 0.25) is 5.28 Å². The highest BCUT2D eigenvalue weighted by Gasteiger charge is 2.39. The highest BCUT2D eigenvalue weighted by atomic mass is 35.5. The van der Waals surface area contributed by atoms with Crippen molar-refractivity contribution in [2.75, 3.05) is 24.7 Å². The maximum Gasteiger partial charge on any atom is 0.355 e. The monoisotopic (exact) mass is 554 g/mol. The molecule has 14 nitrogen and oxygen atoms in total. The van der Waals surface area contributed by atoms with Gasteiger partial charge in [0.25, 0.3) is 0 Å². The first kappa shape index (κ1) is 26.6. The van der Waals surface area contributed by atoms with E-state index in [0.29, 0.717) is 16.9 Å². The van der Waals surface area contributed by atoms with Gasteiger partial charge in [-0.2, -0.15) is 15.1 Å². The Kier molecular flexibility index (Phi) is 8.01. The average molecular weight is 555 g/mol. The lowest BCUT2D eigenvalue weighted by molar-refractivity contribution is -0.0700. The van der Waals surface area contributed by atoms with Gasteiger partial charge in [0.2, 0.25) is 15.3 Å². The van der Waals surface area contributed by atoms with Gasteiger partial charge in [-0.15, -0.1) is 0 Å². The topological polar surface area (TPSA) is 198 Å². The number of aliphatic hydroxyl groups excluding tert-OH is 1. The largest absolute Gasteiger partial charge is 0.388 e. The van der Waals surface area contributed by atoms with E-state index < -0.39 is 48.4 Å². The Morgan fingerprint density at radius 2 is 2.06 bits per heavy atom. The summed E-state index contributed by atoms with van der Waals surface area (Å²) in [5.41, 5.74) is 0.363. The molecule has 3 heterocycles. The van der Waals surface area contributed by atoms with E-state index in [0.717, 1.165) is 31.9 Å². The fourth-order valence-corrected chi connectivity index (χ4v) is 5.58. The fourth-order valence-electron chi connectivity index (χ4n) is 4.23. The van der Waals surface area contributed by atoms with E-state index in [4.69, 9.17) is 21.1 Å². The molecule has 2 aliphatic rings. The van der Waals surface area contributed by atoms with Gasteiger partial charge in [-0.1, -0.05) is 12.8 Å². The Morgan fingerprint density at radius 1 is 1.34 bits per heavy atom. The van der Waals surface area contributed by atoms with Crippen LogP contribution in [0.3, 0.4) is 0 Å². The van der Waals surface area contributed by atoms with Crippen LogP contribution in [0.25, 0.3) is 11.0 Å². The third-order valence-corrected chi connectivity index (χ3v) is 7.84. The van der Waals surface area contributed by atoms with Gasteiger partial charge in [0.05, 0.1) is 30.5 Å². The molecule has 2 aromatic heterocycles. The molecule has 1 saturated heterocycles. The van der Waals surface area contributed by atoms with Gasteiger partial charge in [-0.05, 0) is 24.4 Å². The molecule has 1 saturated carbocycles. The van der Waals surface area contributed by atoms with Crippen molar-refractivity contribution in [1.82, 2.24) is 24.5 Å². The van der Waals surface area contributed by atoms with Crippen LogP contribution >= 0.6 is 19.2 Å². The van der Waals surface area contributed by atoms with Gasteiger partial charge in [0.15, 0.2) is 17.7 Å². The second-order valence-corrected chi connectivity index (χ2v) is 12.7. The van der Waals surface area contributed by atoms with Crippen molar-refractivity contribution in [3.05, 3.63) is 11.5 Å². The lowest BCUT2D eigenvalue weighted by Gasteiger charge is -2.21. The van der Waals surface area contributed by atoms with Crippen LogP contribution in [0, 0.1) is 0 Å². The first-order valence-electron chi connectivity index (χ1n) is 11.0. The summed E-state index contributed by atoms with van der Waals surface area (Å²) >= 11 is 6.15. The molecule has 35 heavy (non-hydrogen) atoms. The molecular formula is C18H28ClN6O8PS. The summed E-state index contributed by atoms with van der Waals surface area (Å²) in [6.07, 6.45) is 4.13. The summed E-state index contributed by atoms with van der Waals surface area (Å²) in [5, 5.41) is 18.9. The third-order valence-electron chi connectivity index (χ3n) is 5.90. The standard InChI is InChI=1S/C18H28ClN6O8PS/c1-35(30,31)21-8-14(34(27,28)29)32-9-11-6-13(26)17(33-11)25-16-12(7-20-25)15(23-18(19)24-16)22-10-4-2-3-5-10/h7,10-11,13-14,17,21,26H,2-6,8-9H2,1H3,(H,22,23,24)(H2,27,28,29)/t11-,13+,14?,17+/m0/s1. The molecule has 4 rings (SSSR count). The van der Waals surface area contributed by atoms with E-state index in [2.05, 4.69) is 20.4 Å². The zero-order valence-electron chi connectivity index (χ0n) is 18.8. The Morgan fingerprint density at radius 3 is 2.71 bits per heavy atom. The number of sulfonamides is 1. The number of nitrogens with one attached hydrogen (secondary N) is 2. The van der Waals surface area contributed by atoms with Crippen LogP contribution in [-0.2, 0) is 24.1 Å². The summed E-state index contributed by atoms with van der Waals surface area (Å²) in [5.74, 6) is -1.16. The number of nitrogens with zero attached hydrogens (tertiary/aromatic N) is 4. The van der Waals surface area contributed by atoms with Crippen LogP contribution in [0.5, 0.6) is 0 Å². The third kappa shape index (κ3) is 6.67. The second-order valence-electron chi connectivity index (χ2n) is 8.74. The average Bonchev–Trinajstić information content (AvgIpc) is 3.46. The summed E-state index contributed by atoms with van der Waals surface area (Å²) in [6.45, 7) is -0.907. The highest BCUT2D eigenvalue weighted by molar-refractivity contribution is 7.88. The molecule has 1 aliphatic carbocycles. The van der Waals surface area contributed by atoms with Crippen LogP contribution in [0.1, 0.15) is 38.3 Å². The fraction of sp³-hybridized carbons (Fsp3) is 0.722. The van der Waals surface area contributed by atoms with Crippen molar-refractivity contribution in [2.45, 2.75) is 62.4 Å². The van der Waals surface area contributed by atoms with Gasteiger partial charge in [-0.25, -0.2) is 17.8 Å². The number of ether oxygens (including phenoxy) is 2. The summed E-state index contributed by atoms with van der Waals surface area (Å²) < 4.78 is 48.8. The Labute approximate surface area is 206 Å². The number of rotatable bonds is 10. The number of anilines is 1. The van der Waals surface area contributed by atoms with Crippen LogP contribution in [-0.4, -0.2) is 86.6 Å². The molecule has 0 radical (unpaired) electrons. The van der Waals surface area contributed by atoms with Crippen LogP contribution in [0.4, 0.5) is 5.82 Å². The summed E-state index contributed by atoms with van der Waals surface area (Å²) in [6, 6.07) is 0.279.